The van der Waals surface area contributed by atoms with Gasteiger partial charge in [-0.2, -0.15) is 20.0 Å². The second kappa shape index (κ2) is 9.23. The zero-order valence-electron chi connectivity index (χ0n) is 18.9. The first-order chi connectivity index (χ1) is 16.5. The molecule has 11 nitrogen and oxygen atoms in total. The van der Waals surface area contributed by atoms with Crippen LogP contribution >= 0.6 is 0 Å². The molecule has 34 heavy (non-hydrogen) atoms. The Hall–Kier alpha value is -3.77. The summed E-state index contributed by atoms with van der Waals surface area (Å²) in [6, 6.07) is 8.36. The summed E-state index contributed by atoms with van der Waals surface area (Å²) in [6.07, 6.45) is 3.19. The fraction of sp³-hybridized carbons (Fsp3) is 0.435. The standard InChI is InChI=1S/C23H26N10O/c1-14-16(12-32-5-4-26-11-19(34)13-32)6-15(8-24)7-20(14)29-23-30-21(28-17-2-3-17)22-27-10-18(9-25)33(22)31-23/h6-7,10,17,19,26,34H,2-5,11-13H2,1H3,(H2,28,29,30,31). The molecule has 3 heterocycles. The number of hydrogen-bond donors (Lipinski definition) is 4. The van der Waals surface area contributed by atoms with Crippen LogP contribution in [0.15, 0.2) is 18.3 Å². The predicted octanol–water partition coefficient (Wildman–Crippen LogP) is 1.26. The van der Waals surface area contributed by atoms with E-state index in [4.69, 9.17) is 0 Å². The minimum Gasteiger partial charge on any atom is -0.390 e. The molecule has 0 amide bonds. The number of aromatic nitrogens is 4. The van der Waals surface area contributed by atoms with Crippen molar-refractivity contribution in [1.29, 1.82) is 10.5 Å². The summed E-state index contributed by atoms with van der Waals surface area (Å²) in [5, 5.41) is 43.6. The molecule has 1 unspecified atom stereocenters. The molecule has 1 aliphatic carbocycles. The SMILES string of the molecule is Cc1c(CN2CCNCC(O)C2)cc(C#N)cc1Nc1nc(NC2CC2)c2ncc(C#N)n2n1. The molecule has 1 saturated heterocycles. The minimum atomic E-state index is -0.429. The van der Waals surface area contributed by atoms with E-state index in [0.29, 0.717) is 54.3 Å². The number of aliphatic hydroxyl groups is 1. The van der Waals surface area contributed by atoms with Gasteiger partial charge in [-0.3, -0.25) is 4.90 Å². The molecule has 0 spiro atoms. The van der Waals surface area contributed by atoms with Gasteiger partial charge < -0.3 is 21.1 Å². The molecule has 5 rings (SSSR count). The summed E-state index contributed by atoms with van der Waals surface area (Å²) in [6.45, 7) is 5.36. The highest BCUT2D eigenvalue weighted by Crippen LogP contribution is 2.29. The van der Waals surface area contributed by atoms with Crippen LogP contribution in [0.4, 0.5) is 17.5 Å². The summed E-state index contributed by atoms with van der Waals surface area (Å²) in [4.78, 5) is 11.1. The molecule has 1 aliphatic heterocycles. The van der Waals surface area contributed by atoms with E-state index < -0.39 is 6.10 Å². The second-order valence-electron chi connectivity index (χ2n) is 8.83. The Morgan fingerprint density at radius 3 is 2.88 bits per heavy atom. The molecule has 0 bridgehead atoms. The molecule has 1 aromatic carbocycles. The van der Waals surface area contributed by atoms with Gasteiger partial charge in [0.2, 0.25) is 5.95 Å². The van der Waals surface area contributed by atoms with E-state index in [0.717, 1.165) is 42.7 Å². The highest BCUT2D eigenvalue weighted by Gasteiger charge is 2.24. The predicted molar refractivity (Wildman–Crippen MR) is 125 cm³/mol. The number of anilines is 3. The van der Waals surface area contributed by atoms with Crippen LogP contribution in [0.5, 0.6) is 0 Å². The van der Waals surface area contributed by atoms with Gasteiger partial charge in [-0.25, -0.2) is 4.98 Å². The van der Waals surface area contributed by atoms with Gasteiger partial charge in [0.1, 0.15) is 6.07 Å². The molecule has 1 atom stereocenters. The van der Waals surface area contributed by atoms with Gasteiger partial charge in [0.25, 0.3) is 0 Å². The minimum absolute atomic E-state index is 0.309. The van der Waals surface area contributed by atoms with Crippen LogP contribution in [0.2, 0.25) is 0 Å². The van der Waals surface area contributed by atoms with Crippen LogP contribution in [0.1, 0.15) is 35.2 Å². The monoisotopic (exact) mass is 458 g/mol. The van der Waals surface area contributed by atoms with Crippen molar-refractivity contribution in [2.24, 2.45) is 0 Å². The van der Waals surface area contributed by atoms with Crippen LogP contribution < -0.4 is 16.0 Å². The van der Waals surface area contributed by atoms with Gasteiger partial charge >= 0.3 is 0 Å². The topological polar surface area (TPSA) is 150 Å². The highest BCUT2D eigenvalue weighted by molar-refractivity contribution is 5.69. The Morgan fingerprint density at radius 1 is 1.26 bits per heavy atom. The average Bonchev–Trinajstić information content (AvgIpc) is 3.58. The lowest BCUT2D eigenvalue weighted by Crippen LogP contribution is -2.32. The fourth-order valence-electron chi connectivity index (χ4n) is 4.13. The van der Waals surface area contributed by atoms with E-state index in [1.54, 1.807) is 6.07 Å². The summed E-state index contributed by atoms with van der Waals surface area (Å²) in [7, 11) is 0. The Labute approximate surface area is 197 Å². The van der Waals surface area contributed by atoms with Crippen molar-refractivity contribution in [2.45, 2.75) is 38.5 Å². The lowest BCUT2D eigenvalue weighted by molar-refractivity contribution is 0.127. The molecule has 11 heteroatoms. The van der Waals surface area contributed by atoms with E-state index in [1.165, 1.54) is 10.7 Å². The van der Waals surface area contributed by atoms with Crippen LogP contribution in [0.3, 0.4) is 0 Å². The first-order valence-corrected chi connectivity index (χ1v) is 11.4. The largest absolute Gasteiger partial charge is 0.390 e. The molecule has 4 N–H and O–H groups in total. The first-order valence-electron chi connectivity index (χ1n) is 11.4. The number of rotatable bonds is 6. The molecule has 2 fully saturated rings. The molecule has 174 valence electrons. The van der Waals surface area contributed by atoms with Crippen molar-refractivity contribution in [1.82, 2.24) is 29.8 Å². The number of aliphatic hydroxyl groups excluding tert-OH is 1. The van der Waals surface area contributed by atoms with Gasteiger partial charge in [0, 0.05) is 44.5 Å². The van der Waals surface area contributed by atoms with Gasteiger partial charge in [0.05, 0.1) is 23.9 Å². The smallest absolute Gasteiger partial charge is 0.247 e. The maximum atomic E-state index is 10.1. The second-order valence-corrected chi connectivity index (χ2v) is 8.83. The summed E-state index contributed by atoms with van der Waals surface area (Å²) >= 11 is 0. The Morgan fingerprint density at radius 2 is 2.12 bits per heavy atom. The van der Waals surface area contributed by atoms with Crippen molar-refractivity contribution >= 4 is 23.1 Å². The van der Waals surface area contributed by atoms with Crippen LogP contribution in [0.25, 0.3) is 5.65 Å². The number of nitrogens with zero attached hydrogens (tertiary/aromatic N) is 7. The zero-order chi connectivity index (χ0) is 23.7. The number of fused-ring (bicyclic) bond motifs is 1. The average molecular weight is 459 g/mol. The quantitative estimate of drug-likeness (QED) is 0.425. The summed E-state index contributed by atoms with van der Waals surface area (Å²) in [5.74, 6) is 0.880. The van der Waals surface area contributed by atoms with Crippen molar-refractivity contribution in [3.8, 4) is 12.1 Å². The number of β-amino-alcohol motifs (C(OH)–C–C–N with tert-alkyl or cyclic N) is 1. The van der Waals surface area contributed by atoms with E-state index in [9.17, 15) is 15.6 Å². The molecule has 3 aromatic rings. The van der Waals surface area contributed by atoms with Crippen LogP contribution in [-0.2, 0) is 6.54 Å². The molecule has 0 radical (unpaired) electrons. The number of imidazole rings is 1. The van der Waals surface area contributed by atoms with Crippen molar-refractivity contribution < 1.29 is 5.11 Å². The molecular weight excluding hydrogens is 432 g/mol. The molecule has 2 aliphatic rings. The highest BCUT2D eigenvalue weighted by atomic mass is 16.3. The summed E-state index contributed by atoms with van der Waals surface area (Å²) in [5.41, 5.74) is 4.03. The van der Waals surface area contributed by atoms with E-state index in [1.807, 2.05) is 13.0 Å². The number of nitrogens with one attached hydrogen (secondary N) is 3. The lowest BCUT2D eigenvalue weighted by atomic mass is 10.0. The van der Waals surface area contributed by atoms with Crippen molar-refractivity contribution in [2.75, 3.05) is 36.8 Å². The third-order valence-corrected chi connectivity index (χ3v) is 6.13. The van der Waals surface area contributed by atoms with Gasteiger partial charge in [-0.1, -0.05) is 0 Å². The van der Waals surface area contributed by atoms with Gasteiger partial charge in [-0.15, -0.1) is 5.10 Å². The third-order valence-electron chi connectivity index (χ3n) is 6.13. The molecular formula is C23H26N10O. The van der Waals surface area contributed by atoms with Gasteiger partial charge in [-0.05, 0) is 43.0 Å². The Bertz CT molecular complexity index is 1300. The summed E-state index contributed by atoms with van der Waals surface area (Å²) < 4.78 is 1.48. The zero-order valence-corrected chi connectivity index (χ0v) is 18.9. The van der Waals surface area contributed by atoms with E-state index in [2.05, 4.69) is 48.1 Å². The maximum absolute atomic E-state index is 10.1. The first kappa shape index (κ1) is 22.0. The van der Waals surface area contributed by atoms with E-state index in [-0.39, 0.29) is 0 Å². The van der Waals surface area contributed by atoms with E-state index >= 15 is 0 Å². The molecule has 2 aromatic heterocycles. The van der Waals surface area contributed by atoms with Crippen LogP contribution in [-0.4, -0.2) is 67.9 Å². The maximum Gasteiger partial charge on any atom is 0.247 e. The lowest BCUT2D eigenvalue weighted by Gasteiger charge is -2.23. The number of hydrogen-bond acceptors (Lipinski definition) is 10. The Balaban J connectivity index is 1.48. The van der Waals surface area contributed by atoms with Crippen molar-refractivity contribution in [3.05, 3.63) is 40.7 Å². The third kappa shape index (κ3) is 4.63. The Kier molecular flexibility index (Phi) is 5.99. The molecule has 1 saturated carbocycles. The normalized spacial score (nSPS) is 18.8. The number of nitriles is 2. The van der Waals surface area contributed by atoms with Crippen LogP contribution in [0, 0.1) is 29.6 Å². The van der Waals surface area contributed by atoms with Gasteiger partial charge in [0.15, 0.2) is 17.2 Å². The fourth-order valence-corrected chi connectivity index (χ4v) is 4.13. The van der Waals surface area contributed by atoms with Crippen molar-refractivity contribution in [3.63, 3.8) is 0 Å². The number of benzene rings is 1.